The highest BCUT2D eigenvalue weighted by atomic mass is 19.1. The third-order valence-electron chi connectivity index (χ3n) is 4.82. The van der Waals surface area contributed by atoms with E-state index in [4.69, 9.17) is 4.99 Å². The van der Waals surface area contributed by atoms with Crippen molar-refractivity contribution in [3.63, 3.8) is 0 Å². The fourth-order valence-corrected chi connectivity index (χ4v) is 3.47. The second kappa shape index (κ2) is 7.52. The normalized spacial score (nSPS) is 19.0. The van der Waals surface area contributed by atoms with E-state index in [1.165, 1.54) is 17.2 Å². The molecule has 0 amide bonds. The molecular formula is C23H21FN2. The van der Waals surface area contributed by atoms with Crippen LogP contribution in [0.2, 0.25) is 0 Å². The first-order valence-electron chi connectivity index (χ1n) is 8.98. The molecular weight excluding hydrogens is 323 g/mol. The van der Waals surface area contributed by atoms with Crippen molar-refractivity contribution in [2.75, 3.05) is 0 Å². The van der Waals surface area contributed by atoms with Gasteiger partial charge < -0.3 is 5.32 Å². The summed E-state index contributed by atoms with van der Waals surface area (Å²) in [7, 11) is 0. The fraction of sp³-hybridized carbons (Fsp3) is 0.174. The van der Waals surface area contributed by atoms with E-state index in [0.717, 1.165) is 11.4 Å². The van der Waals surface area contributed by atoms with Crippen LogP contribution in [0.1, 0.15) is 35.2 Å². The molecule has 0 radical (unpaired) electrons. The molecule has 2 nitrogen and oxygen atoms in total. The van der Waals surface area contributed by atoms with Crippen LogP contribution in [0.25, 0.3) is 0 Å². The van der Waals surface area contributed by atoms with Crippen LogP contribution >= 0.6 is 0 Å². The number of nitrogens with zero attached hydrogens (tertiary/aromatic N) is 1. The molecule has 1 heterocycles. The van der Waals surface area contributed by atoms with Gasteiger partial charge in [-0.2, -0.15) is 0 Å². The van der Waals surface area contributed by atoms with Gasteiger partial charge in [-0.1, -0.05) is 78.9 Å². The number of aryl methyl sites for hydroxylation is 1. The number of hydrogen-bond acceptors (Lipinski definition) is 2. The summed E-state index contributed by atoms with van der Waals surface area (Å²) in [5.74, 6) is 0.793. The Morgan fingerprint density at radius 3 is 2.04 bits per heavy atom. The number of halogens is 1. The first-order valence-corrected chi connectivity index (χ1v) is 8.98. The topological polar surface area (TPSA) is 24.4 Å². The zero-order chi connectivity index (χ0) is 17.8. The average Bonchev–Trinajstić information content (AvgIpc) is 3.13. The largest absolute Gasteiger partial charge is 0.364 e. The smallest absolute Gasteiger partial charge is 0.126 e. The molecule has 1 aliphatic rings. The summed E-state index contributed by atoms with van der Waals surface area (Å²) in [6.45, 7) is 0. The minimum atomic E-state index is -0.148. The molecule has 1 N–H and O–H groups in total. The quantitative estimate of drug-likeness (QED) is 0.672. The maximum atomic E-state index is 13.9. The highest BCUT2D eigenvalue weighted by molar-refractivity contribution is 5.85. The van der Waals surface area contributed by atoms with E-state index in [0.29, 0.717) is 12.8 Å². The van der Waals surface area contributed by atoms with E-state index in [1.807, 2.05) is 36.4 Å². The number of amidine groups is 1. The van der Waals surface area contributed by atoms with Gasteiger partial charge in [-0.15, -0.1) is 0 Å². The predicted molar refractivity (Wildman–Crippen MR) is 104 cm³/mol. The predicted octanol–water partition coefficient (Wildman–Crippen LogP) is 5.24. The Morgan fingerprint density at radius 2 is 1.35 bits per heavy atom. The number of hydrogen-bond donors (Lipinski definition) is 1. The Balaban J connectivity index is 1.57. The summed E-state index contributed by atoms with van der Waals surface area (Å²) in [4.78, 5) is 4.94. The zero-order valence-electron chi connectivity index (χ0n) is 14.5. The van der Waals surface area contributed by atoms with Gasteiger partial charge in [0.1, 0.15) is 11.9 Å². The SMILES string of the molecule is Fc1ccccc1CCC1=NC(c2ccccc2)C(c2ccccc2)N1. The van der Waals surface area contributed by atoms with E-state index in [2.05, 4.69) is 41.7 Å². The summed E-state index contributed by atoms with van der Waals surface area (Å²) < 4.78 is 13.9. The van der Waals surface area contributed by atoms with Crippen molar-refractivity contribution in [2.24, 2.45) is 4.99 Å². The van der Waals surface area contributed by atoms with Crippen molar-refractivity contribution >= 4 is 5.84 Å². The molecule has 1 aliphatic heterocycles. The Morgan fingerprint density at radius 1 is 0.731 bits per heavy atom. The van der Waals surface area contributed by atoms with Crippen LogP contribution in [0.3, 0.4) is 0 Å². The Labute approximate surface area is 153 Å². The molecule has 2 atom stereocenters. The van der Waals surface area contributed by atoms with Crippen LogP contribution < -0.4 is 5.32 Å². The number of nitrogens with one attached hydrogen (secondary N) is 1. The minimum absolute atomic E-state index is 0.0363. The first-order chi connectivity index (χ1) is 12.8. The van der Waals surface area contributed by atoms with E-state index in [1.54, 1.807) is 6.07 Å². The van der Waals surface area contributed by atoms with Crippen molar-refractivity contribution in [3.05, 3.63) is 107 Å². The lowest BCUT2D eigenvalue weighted by atomic mass is 9.95. The van der Waals surface area contributed by atoms with Gasteiger partial charge in [-0.25, -0.2) is 4.39 Å². The standard InChI is InChI=1S/C23H21FN2/c24-20-14-8-7-9-17(20)15-16-21-25-22(18-10-3-1-4-11-18)23(26-21)19-12-5-2-6-13-19/h1-14,22-23H,15-16H2,(H,25,26). The maximum absolute atomic E-state index is 13.9. The number of benzene rings is 3. The molecule has 0 spiro atoms. The van der Waals surface area contributed by atoms with Crippen LogP contribution in [-0.4, -0.2) is 5.84 Å². The van der Waals surface area contributed by atoms with Crippen molar-refractivity contribution in [2.45, 2.75) is 24.9 Å². The molecule has 4 rings (SSSR count). The summed E-state index contributed by atoms with van der Waals surface area (Å²) in [5, 5.41) is 3.57. The molecule has 0 saturated heterocycles. The molecule has 130 valence electrons. The second-order valence-corrected chi connectivity index (χ2v) is 6.56. The van der Waals surface area contributed by atoms with Gasteiger partial charge >= 0.3 is 0 Å². The number of aliphatic imine (C=N–C) groups is 1. The highest BCUT2D eigenvalue weighted by Gasteiger charge is 2.30. The molecule has 0 bridgehead atoms. The molecule has 3 aromatic rings. The Bertz CT molecular complexity index is 890. The van der Waals surface area contributed by atoms with Crippen LogP contribution in [0, 0.1) is 5.82 Å². The molecule has 3 aromatic carbocycles. The maximum Gasteiger partial charge on any atom is 0.126 e. The molecule has 0 fully saturated rings. The van der Waals surface area contributed by atoms with Crippen molar-refractivity contribution in [1.29, 1.82) is 0 Å². The fourth-order valence-electron chi connectivity index (χ4n) is 3.47. The number of rotatable bonds is 5. The van der Waals surface area contributed by atoms with Crippen molar-refractivity contribution in [1.82, 2.24) is 5.32 Å². The van der Waals surface area contributed by atoms with Gasteiger partial charge in [0.25, 0.3) is 0 Å². The van der Waals surface area contributed by atoms with Gasteiger partial charge in [-0.05, 0) is 29.2 Å². The molecule has 26 heavy (non-hydrogen) atoms. The lowest BCUT2D eigenvalue weighted by Gasteiger charge is -2.19. The Hall–Kier alpha value is -2.94. The molecule has 2 unspecified atom stereocenters. The highest BCUT2D eigenvalue weighted by Crippen LogP contribution is 2.36. The van der Waals surface area contributed by atoms with E-state index < -0.39 is 0 Å². The molecule has 3 heteroatoms. The lowest BCUT2D eigenvalue weighted by Crippen LogP contribution is -2.24. The first kappa shape index (κ1) is 16.5. The van der Waals surface area contributed by atoms with Crippen molar-refractivity contribution < 1.29 is 4.39 Å². The van der Waals surface area contributed by atoms with E-state index >= 15 is 0 Å². The van der Waals surface area contributed by atoms with E-state index in [-0.39, 0.29) is 17.9 Å². The zero-order valence-corrected chi connectivity index (χ0v) is 14.5. The minimum Gasteiger partial charge on any atom is -0.364 e. The summed E-state index contributed by atoms with van der Waals surface area (Å²) in [6, 6.07) is 27.8. The Kier molecular flexibility index (Phi) is 4.78. The van der Waals surface area contributed by atoms with Crippen LogP contribution in [-0.2, 0) is 6.42 Å². The van der Waals surface area contributed by atoms with Crippen LogP contribution in [0.15, 0.2) is 89.9 Å². The van der Waals surface area contributed by atoms with Gasteiger partial charge in [0.15, 0.2) is 0 Å². The van der Waals surface area contributed by atoms with E-state index in [9.17, 15) is 4.39 Å². The third kappa shape index (κ3) is 3.52. The summed E-state index contributed by atoms with van der Waals surface area (Å²) >= 11 is 0. The lowest BCUT2D eigenvalue weighted by molar-refractivity contribution is 0.571. The van der Waals surface area contributed by atoms with Gasteiger partial charge in [0, 0.05) is 6.42 Å². The average molecular weight is 344 g/mol. The summed E-state index contributed by atoms with van der Waals surface area (Å²) in [6.07, 6.45) is 1.34. The van der Waals surface area contributed by atoms with Crippen molar-refractivity contribution in [3.8, 4) is 0 Å². The van der Waals surface area contributed by atoms with Gasteiger partial charge in [0.05, 0.1) is 11.9 Å². The van der Waals surface area contributed by atoms with Crippen LogP contribution in [0.5, 0.6) is 0 Å². The molecule has 0 saturated carbocycles. The molecule has 0 aromatic heterocycles. The van der Waals surface area contributed by atoms with Gasteiger partial charge in [-0.3, -0.25) is 4.99 Å². The third-order valence-corrected chi connectivity index (χ3v) is 4.82. The van der Waals surface area contributed by atoms with Crippen LogP contribution in [0.4, 0.5) is 4.39 Å². The second-order valence-electron chi connectivity index (χ2n) is 6.56. The summed E-state index contributed by atoms with van der Waals surface area (Å²) in [5.41, 5.74) is 3.14. The molecule has 0 aliphatic carbocycles. The monoisotopic (exact) mass is 344 g/mol. The van der Waals surface area contributed by atoms with Gasteiger partial charge in [0.2, 0.25) is 0 Å².